The Labute approximate surface area is 118 Å². The van der Waals surface area contributed by atoms with Crippen molar-refractivity contribution >= 4 is 6.09 Å². The molecule has 0 saturated heterocycles. The Bertz CT molecular complexity index is 439. The molecule has 0 radical (unpaired) electrons. The molecule has 0 aliphatic rings. The Kier molecular flexibility index (Phi) is 5.52. The van der Waals surface area contributed by atoms with Crippen LogP contribution in [0.5, 0.6) is 0 Å². The maximum absolute atomic E-state index is 11.4. The predicted molar refractivity (Wildman–Crippen MR) is 73.1 cm³/mol. The summed E-state index contributed by atoms with van der Waals surface area (Å²) in [7, 11) is 0. The van der Waals surface area contributed by atoms with E-state index in [1.54, 1.807) is 27.7 Å². The molecule has 4 N–H and O–H groups in total. The van der Waals surface area contributed by atoms with Crippen molar-refractivity contribution in [2.75, 3.05) is 6.54 Å². The van der Waals surface area contributed by atoms with Gasteiger partial charge in [-0.05, 0) is 34.1 Å². The van der Waals surface area contributed by atoms with Crippen molar-refractivity contribution in [1.29, 1.82) is 0 Å². The van der Waals surface area contributed by atoms with Crippen molar-refractivity contribution in [3.63, 3.8) is 0 Å². The number of aliphatic hydroxyl groups is 2. The second kappa shape index (κ2) is 6.71. The van der Waals surface area contributed by atoms with E-state index < -0.39 is 23.9 Å². The van der Waals surface area contributed by atoms with Gasteiger partial charge < -0.3 is 25.3 Å². The average molecular weight is 285 g/mol. The predicted octanol–water partition coefficient (Wildman–Crippen LogP) is 1.03. The number of ether oxygens (including phenoxy) is 1. The Balaban J connectivity index is 2.33. The molecule has 2 unspecified atom stereocenters. The van der Waals surface area contributed by atoms with E-state index in [4.69, 9.17) is 4.74 Å². The fourth-order valence-corrected chi connectivity index (χ4v) is 1.59. The van der Waals surface area contributed by atoms with Crippen LogP contribution < -0.4 is 5.32 Å². The summed E-state index contributed by atoms with van der Waals surface area (Å²) in [5, 5.41) is 22.2. The Morgan fingerprint density at radius 1 is 1.50 bits per heavy atom. The lowest BCUT2D eigenvalue weighted by molar-refractivity contribution is 0.0101. The number of aliphatic hydroxyl groups excluding tert-OH is 2. The molecule has 0 aliphatic carbocycles. The van der Waals surface area contributed by atoms with Gasteiger partial charge in [0.2, 0.25) is 0 Å². The van der Waals surface area contributed by atoms with Gasteiger partial charge >= 0.3 is 6.09 Å². The molecule has 114 valence electrons. The van der Waals surface area contributed by atoms with E-state index in [1.807, 2.05) is 0 Å². The molecule has 7 heteroatoms. The largest absolute Gasteiger partial charge is 0.444 e. The fraction of sp³-hybridized carbons (Fsp3) is 0.692. The first kappa shape index (κ1) is 16.5. The summed E-state index contributed by atoms with van der Waals surface area (Å²) in [6.07, 6.45) is -0.916. The first-order valence-corrected chi connectivity index (χ1v) is 6.53. The second-order valence-corrected chi connectivity index (χ2v) is 5.65. The van der Waals surface area contributed by atoms with Gasteiger partial charge in [0.15, 0.2) is 0 Å². The zero-order chi connectivity index (χ0) is 15.3. The number of rotatable bonds is 5. The quantitative estimate of drug-likeness (QED) is 0.646. The number of carbonyl (C=O) groups excluding carboxylic acids is 1. The molecule has 1 aromatic rings. The minimum absolute atomic E-state index is 0.207. The Morgan fingerprint density at radius 3 is 2.65 bits per heavy atom. The maximum Gasteiger partial charge on any atom is 0.407 e. The van der Waals surface area contributed by atoms with E-state index in [9.17, 15) is 15.0 Å². The Morgan fingerprint density at radius 2 is 2.15 bits per heavy atom. The number of imidazole rings is 1. The highest BCUT2D eigenvalue weighted by molar-refractivity contribution is 5.67. The van der Waals surface area contributed by atoms with E-state index in [2.05, 4.69) is 15.3 Å². The number of hydrogen-bond acceptors (Lipinski definition) is 5. The van der Waals surface area contributed by atoms with Crippen molar-refractivity contribution in [3.05, 3.63) is 17.7 Å². The first-order valence-electron chi connectivity index (χ1n) is 6.53. The van der Waals surface area contributed by atoms with Gasteiger partial charge in [-0.15, -0.1) is 0 Å². The smallest absolute Gasteiger partial charge is 0.407 e. The summed E-state index contributed by atoms with van der Waals surface area (Å²) < 4.78 is 5.06. The molecule has 1 heterocycles. The summed E-state index contributed by atoms with van der Waals surface area (Å²) in [5.41, 5.74) is -0.109. The normalized spacial score (nSPS) is 14.7. The van der Waals surface area contributed by atoms with Crippen molar-refractivity contribution in [1.82, 2.24) is 15.3 Å². The molecular formula is C13H23N3O4. The molecule has 1 amide bonds. The minimum Gasteiger partial charge on any atom is -0.444 e. The lowest BCUT2D eigenvalue weighted by Crippen LogP contribution is -2.34. The average Bonchev–Trinajstić information content (AvgIpc) is 2.72. The highest BCUT2D eigenvalue weighted by Gasteiger charge is 2.21. The van der Waals surface area contributed by atoms with E-state index in [0.29, 0.717) is 11.5 Å². The van der Waals surface area contributed by atoms with Gasteiger partial charge in [-0.3, -0.25) is 0 Å². The van der Waals surface area contributed by atoms with Gasteiger partial charge in [0.25, 0.3) is 0 Å². The third-order valence-corrected chi connectivity index (χ3v) is 2.51. The van der Waals surface area contributed by atoms with Crippen LogP contribution in [0.25, 0.3) is 0 Å². The monoisotopic (exact) mass is 285 g/mol. The van der Waals surface area contributed by atoms with Crippen LogP contribution in [0.4, 0.5) is 4.79 Å². The highest BCUT2D eigenvalue weighted by atomic mass is 16.6. The van der Waals surface area contributed by atoms with Gasteiger partial charge in [-0.25, -0.2) is 9.78 Å². The molecular weight excluding hydrogens is 262 g/mol. The Hall–Kier alpha value is -1.60. The van der Waals surface area contributed by atoms with Crippen molar-refractivity contribution in [3.8, 4) is 0 Å². The van der Waals surface area contributed by atoms with E-state index >= 15 is 0 Å². The van der Waals surface area contributed by atoms with Crippen molar-refractivity contribution in [2.45, 2.75) is 51.9 Å². The topological polar surface area (TPSA) is 107 Å². The number of aryl methyl sites for hydroxylation is 1. The summed E-state index contributed by atoms with van der Waals surface area (Å²) >= 11 is 0. The number of nitrogens with zero attached hydrogens (tertiary/aromatic N) is 1. The van der Waals surface area contributed by atoms with Crippen LogP contribution in [-0.4, -0.2) is 44.5 Å². The van der Waals surface area contributed by atoms with Crippen LogP contribution in [0.2, 0.25) is 0 Å². The molecule has 7 nitrogen and oxygen atoms in total. The summed E-state index contributed by atoms with van der Waals surface area (Å²) in [4.78, 5) is 18.2. The third-order valence-electron chi connectivity index (χ3n) is 2.51. The number of carbonyl (C=O) groups is 1. The van der Waals surface area contributed by atoms with Gasteiger partial charge in [0, 0.05) is 6.54 Å². The summed E-state index contributed by atoms with van der Waals surface area (Å²) in [5.74, 6) is 0.665. The summed E-state index contributed by atoms with van der Waals surface area (Å²) in [6.45, 7) is 7.27. The maximum atomic E-state index is 11.4. The fourth-order valence-electron chi connectivity index (χ4n) is 1.59. The number of H-pyrrole nitrogens is 1. The van der Waals surface area contributed by atoms with Crippen molar-refractivity contribution in [2.24, 2.45) is 0 Å². The molecule has 1 rings (SSSR count). The van der Waals surface area contributed by atoms with Crippen LogP contribution >= 0.6 is 0 Å². The first-order chi connectivity index (χ1) is 9.19. The molecule has 1 aromatic heterocycles. The molecule has 0 spiro atoms. The van der Waals surface area contributed by atoms with Gasteiger partial charge in [0.05, 0.1) is 18.0 Å². The lowest BCUT2D eigenvalue weighted by Gasteiger charge is -2.20. The third kappa shape index (κ3) is 5.58. The number of amides is 1. The van der Waals surface area contributed by atoms with Crippen LogP contribution in [0.3, 0.4) is 0 Å². The number of hydrogen-bond donors (Lipinski definition) is 4. The highest BCUT2D eigenvalue weighted by Crippen LogP contribution is 2.16. The molecule has 2 atom stereocenters. The lowest BCUT2D eigenvalue weighted by atomic mass is 10.1. The number of aromatic nitrogens is 2. The SMILES string of the molecule is Cc1ncc(C(O)C(O)CCNC(=O)OC(C)(C)C)[nH]1. The van der Waals surface area contributed by atoms with Crippen molar-refractivity contribution < 1.29 is 19.7 Å². The molecule has 0 fully saturated rings. The van der Waals surface area contributed by atoms with Crippen LogP contribution in [0.15, 0.2) is 6.20 Å². The summed E-state index contributed by atoms with van der Waals surface area (Å²) in [6, 6.07) is 0. The van der Waals surface area contributed by atoms with E-state index in [0.717, 1.165) is 0 Å². The standard InChI is InChI=1S/C13H23N3O4/c1-8-15-7-9(16-8)11(18)10(17)5-6-14-12(19)20-13(2,3)4/h7,10-11,17-18H,5-6H2,1-4H3,(H,14,19)(H,15,16). The van der Waals surface area contributed by atoms with Crippen LogP contribution in [-0.2, 0) is 4.74 Å². The molecule has 0 aromatic carbocycles. The number of aromatic amines is 1. The van der Waals surface area contributed by atoms with Gasteiger partial charge in [-0.1, -0.05) is 0 Å². The molecule has 20 heavy (non-hydrogen) atoms. The number of alkyl carbamates (subject to hydrolysis) is 1. The molecule has 0 aliphatic heterocycles. The van der Waals surface area contributed by atoms with E-state index in [-0.39, 0.29) is 13.0 Å². The van der Waals surface area contributed by atoms with Gasteiger partial charge in [-0.2, -0.15) is 0 Å². The van der Waals surface area contributed by atoms with E-state index in [1.165, 1.54) is 6.20 Å². The van der Waals surface area contributed by atoms with Crippen LogP contribution in [0, 0.1) is 6.92 Å². The van der Waals surface area contributed by atoms with Crippen LogP contribution in [0.1, 0.15) is 44.8 Å². The molecule has 0 bridgehead atoms. The zero-order valence-corrected chi connectivity index (χ0v) is 12.3. The second-order valence-electron chi connectivity index (χ2n) is 5.65. The van der Waals surface area contributed by atoms with Gasteiger partial charge in [0.1, 0.15) is 17.5 Å². The molecule has 0 saturated carbocycles. The number of nitrogens with one attached hydrogen (secondary N) is 2. The minimum atomic E-state index is -1.06. The zero-order valence-electron chi connectivity index (χ0n) is 12.3.